The average molecular weight is 463 g/mol. The summed E-state index contributed by atoms with van der Waals surface area (Å²) >= 11 is 0. The van der Waals surface area contributed by atoms with Gasteiger partial charge in [-0.15, -0.1) is 0 Å². The van der Waals surface area contributed by atoms with Gasteiger partial charge in [0.15, 0.2) is 0 Å². The summed E-state index contributed by atoms with van der Waals surface area (Å²) in [5.41, 5.74) is 0.253. The second-order valence-electron chi connectivity index (χ2n) is 7.48. The van der Waals surface area contributed by atoms with E-state index in [4.69, 9.17) is 0 Å². The van der Waals surface area contributed by atoms with E-state index >= 15 is 0 Å². The molecule has 2 aromatic carbocycles. The number of aromatic nitrogens is 1. The molecule has 1 heterocycles. The SMILES string of the molecule is O=C(CN(CCc1ccccn1)Cc1ccc(F)cc1)NCc1ccc(F)cc1C(F)(F)F. The predicted octanol–water partition coefficient (Wildman–Crippen LogP) is 4.74. The largest absolute Gasteiger partial charge is 0.416 e. The summed E-state index contributed by atoms with van der Waals surface area (Å²) in [6.45, 7) is 0.308. The molecule has 1 N–H and O–H groups in total. The van der Waals surface area contributed by atoms with Crippen molar-refractivity contribution in [3.8, 4) is 0 Å². The van der Waals surface area contributed by atoms with Crippen molar-refractivity contribution in [2.24, 2.45) is 0 Å². The highest BCUT2D eigenvalue weighted by Crippen LogP contribution is 2.32. The number of carbonyl (C=O) groups is 1. The van der Waals surface area contributed by atoms with Gasteiger partial charge in [-0.3, -0.25) is 14.7 Å². The third-order valence-electron chi connectivity index (χ3n) is 4.95. The molecule has 0 fully saturated rings. The molecular formula is C24H22F5N3O. The average Bonchev–Trinajstić information content (AvgIpc) is 2.78. The first-order valence-corrected chi connectivity index (χ1v) is 10.2. The lowest BCUT2D eigenvalue weighted by Crippen LogP contribution is -2.38. The first-order chi connectivity index (χ1) is 15.7. The summed E-state index contributed by atoms with van der Waals surface area (Å²) in [6.07, 6.45) is -2.53. The molecule has 0 aliphatic heterocycles. The maximum absolute atomic E-state index is 13.3. The zero-order chi connectivity index (χ0) is 23.8. The summed E-state index contributed by atoms with van der Waals surface area (Å²) in [5, 5.41) is 2.48. The normalized spacial score (nSPS) is 11.6. The van der Waals surface area contributed by atoms with Gasteiger partial charge in [0.2, 0.25) is 5.91 Å². The number of benzene rings is 2. The number of halogens is 5. The van der Waals surface area contributed by atoms with E-state index in [1.165, 1.54) is 12.1 Å². The van der Waals surface area contributed by atoms with E-state index in [0.29, 0.717) is 25.6 Å². The molecule has 3 rings (SSSR count). The molecule has 0 unspecified atom stereocenters. The minimum Gasteiger partial charge on any atom is -0.351 e. The topological polar surface area (TPSA) is 45.2 Å². The lowest BCUT2D eigenvalue weighted by Gasteiger charge is -2.22. The molecule has 0 saturated heterocycles. The lowest BCUT2D eigenvalue weighted by atomic mass is 10.1. The zero-order valence-electron chi connectivity index (χ0n) is 17.6. The van der Waals surface area contributed by atoms with E-state index in [9.17, 15) is 26.7 Å². The molecule has 0 saturated carbocycles. The van der Waals surface area contributed by atoms with Gasteiger partial charge in [0.25, 0.3) is 0 Å². The maximum atomic E-state index is 13.3. The quantitative estimate of drug-likeness (QED) is 0.467. The Labute approximate surface area is 188 Å². The van der Waals surface area contributed by atoms with Gasteiger partial charge in [-0.25, -0.2) is 8.78 Å². The van der Waals surface area contributed by atoms with Crippen LogP contribution in [0.1, 0.15) is 22.4 Å². The van der Waals surface area contributed by atoms with Gasteiger partial charge in [-0.05, 0) is 47.5 Å². The van der Waals surface area contributed by atoms with Crippen LogP contribution in [0.4, 0.5) is 22.0 Å². The summed E-state index contributed by atoms with van der Waals surface area (Å²) in [7, 11) is 0. The number of nitrogens with zero attached hydrogens (tertiary/aromatic N) is 2. The minimum absolute atomic E-state index is 0.0905. The van der Waals surface area contributed by atoms with Crippen molar-refractivity contribution in [3.05, 3.63) is 101 Å². The van der Waals surface area contributed by atoms with Gasteiger partial charge in [-0.1, -0.05) is 24.3 Å². The van der Waals surface area contributed by atoms with Crippen LogP contribution in [0.25, 0.3) is 0 Å². The van der Waals surface area contributed by atoms with Gasteiger partial charge in [0, 0.05) is 37.9 Å². The van der Waals surface area contributed by atoms with Crippen LogP contribution in [0.15, 0.2) is 66.9 Å². The zero-order valence-corrected chi connectivity index (χ0v) is 17.6. The Bertz CT molecular complexity index is 1060. The Morgan fingerprint density at radius 3 is 2.36 bits per heavy atom. The third-order valence-corrected chi connectivity index (χ3v) is 4.95. The number of hydrogen-bond donors (Lipinski definition) is 1. The molecule has 0 aliphatic carbocycles. The Morgan fingerprint density at radius 2 is 1.70 bits per heavy atom. The van der Waals surface area contributed by atoms with E-state index in [2.05, 4.69) is 10.3 Å². The van der Waals surface area contributed by atoms with Crippen molar-refractivity contribution < 1.29 is 26.7 Å². The molecule has 0 spiro atoms. The van der Waals surface area contributed by atoms with Crippen LogP contribution < -0.4 is 5.32 Å². The fourth-order valence-corrected chi connectivity index (χ4v) is 3.30. The predicted molar refractivity (Wildman–Crippen MR) is 113 cm³/mol. The smallest absolute Gasteiger partial charge is 0.351 e. The standard InChI is InChI=1S/C24H22F5N3O/c25-19-7-4-17(5-8-19)15-32(12-10-21-3-1-2-11-30-21)16-23(33)31-14-18-6-9-20(26)13-22(18)24(27,28)29/h1-9,11,13H,10,12,14-16H2,(H,31,33). The van der Waals surface area contributed by atoms with Crippen LogP contribution >= 0.6 is 0 Å². The Kier molecular flexibility index (Phi) is 8.11. The second kappa shape index (κ2) is 11.0. The number of alkyl halides is 3. The molecule has 0 radical (unpaired) electrons. The fraction of sp³-hybridized carbons (Fsp3) is 0.250. The minimum atomic E-state index is -4.74. The van der Waals surface area contributed by atoms with Gasteiger partial charge in [0.1, 0.15) is 11.6 Å². The van der Waals surface area contributed by atoms with Crippen molar-refractivity contribution in [1.82, 2.24) is 15.2 Å². The summed E-state index contributed by atoms with van der Waals surface area (Å²) < 4.78 is 66.0. The van der Waals surface area contributed by atoms with Crippen molar-refractivity contribution in [2.45, 2.75) is 25.7 Å². The van der Waals surface area contributed by atoms with Crippen LogP contribution in [-0.4, -0.2) is 28.9 Å². The first-order valence-electron chi connectivity index (χ1n) is 10.2. The van der Waals surface area contributed by atoms with Crippen molar-refractivity contribution in [1.29, 1.82) is 0 Å². The number of amides is 1. The molecule has 1 amide bonds. The number of nitrogens with one attached hydrogen (secondary N) is 1. The molecule has 3 aromatic rings. The van der Waals surface area contributed by atoms with E-state index in [1.807, 2.05) is 12.1 Å². The van der Waals surface area contributed by atoms with Crippen LogP contribution in [-0.2, 0) is 30.5 Å². The third kappa shape index (κ3) is 7.64. The van der Waals surface area contributed by atoms with Gasteiger partial charge in [0.05, 0.1) is 12.1 Å². The first kappa shape index (κ1) is 24.3. The second-order valence-corrected chi connectivity index (χ2v) is 7.48. The summed E-state index contributed by atoms with van der Waals surface area (Å²) in [6, 6.07) is 13.7. The molecule has 0 atom stereocenters. The summed E-state index contributed by atoms with van der Waals surface area (Å²) in [5.74, 6) is -1.87. The summed E-state index contributed by atoms with van der Waals surface area (Å²) in [4.78, 5) is 18.6. The number of carbonyl (C=O) groups excluding carboxylic acids is 1. The molecule has 1 aromatic heterocycles. The molecule has 9 heteroatoms. The fourth-order valence-electron chi connectivity index (χ4n) is 3.30. The molecule has 4 nitrogen and oxygen atoms in total. The molecule has 0 aliphatic rings. The maximum Gasteiger partial charge on any atom is 0.416 e. The number of hydrogen-bond acceptors (Lipinski definition) is 3. The van der Waals surface area contributed by atoms with Gasteiger partial charge < -0.3 is 5.32 Å². The van der Waals surface area contributed by atoms with Gasteiger partial charge >= 0.3 is 6.18 Å². The van der Waals surface area contributed by atoms with E-state index in [0.717, 1.165) is 23.4 Å². The Hall–Kier alpha value is -3.33. The van der Waals surface area contributed by atoms with Crippen LogP contribution in [0.2, 0.25) is 0 Å². The monoisotopic (exact) mass is 463 g/mol. The van der Waals surface area contributed by atoms with E-state index < -0.39 is 30.0 Å². The molecule has 33 heavy (non-hydrogen) atoms. The highest BCUT2D eigenvalue weighted by Gasteiger charge is 2.33. The molecule has 174 valence electrons. The van der Waals surface area contributed by atoms with Crippen LogP contribution in [0.5, 0.6) is 0 Å². The Balaban J connectivity index is 1.65. The van der Waals surface area contributed by atoms with E-state index in [-0.39, 0.29) is 17.9 Å². The molecular weight excluding hydrogens is 441 g/mol. The van der Waals surface area contributed by atoms with Crippen LogP contribution in [0.3, 0.4) is 0 Å². The van der Waals surface area contributed by atoms with Crippen molar-refractivity contribution >= 4 is 5.91 Å². The van der Waals surface area contributed by atoms with Gasteiger partial charge in [-0.2, -0.15) is 13.2 Å². The van der Waals surface area contributed by atoms with Crippen molar-refractivity contribution in [3.63, 3.8) is 0 Å². The lowest BCUT2D eigenvalue weighted by molar-refractivity contribution is -0.138. The number of rotatable bonds is 9. The highest BCUT2D eigenvalue weighted by molar-refractivity contribution is 5.78. The Morgan fingerprint density at radius 1 is 0.970 bits per heavy atom. The molecule has 0 bridgehead atoms. The number of pyridine rings is 1. The van der Waals surface area contributed by atoms with E-state index in [1.54, 1.807) is 29.3 Å². The highest BCUT2D eigenvalue weighted by atomic mass is 19.4. The van der Waals surface area contributed by atoms with Crippen LogP contribution in [0, 0.1) is 11.6 Å². The van der Waals surface area contributed by atoms with Crippen molar-refractivity contribution in [2.75, 3.05) is 13.1 Å².